The third-order valence-electron chi connectivity index (χ3n) is 4.30. The lowest BCUT2D eigenvalue weighted by molar-refractivity contribution is -0.142. The smallest absolute Gasteiger partial charge is 0.321 e. The van der Waals surface area contributed by atoms with Crippen LogP contribution in [0.3, 0.4) is 0 Å². The van der Waals surface area contributed by atoms with Crippen LogP contribution >= 0.6 is 0 Å². The first-order chi connectivity index (χ1) is 6.93. The Kier molecular flexibility index (Phi) is 2.38. The van der Waals surface area contributed by atoms with Crippen molar-refractivity contribution in [1.29, 1.82) is 0 Å². The molecule has 0 aromatic carbocycles. The number of aliphatic carboxylic acids is 1. The molecule has 0 aromatic heterocycles. The lowest BCUT2D eigenvalue weighted by Gasteiger charge is -2.38. The molecule has 3 nitrogen and oxygen atoms in total. The molecular formula is C12H19NO2. The first-order valence-corrected chi connectivity index (χ1v) is 5.59. The second-order valence-electron chi connectivity index (χ2n) is 5.52. The lowest BCUT2D eigenvalue weighted by Crippen LogP contribution is -2.49. The highest BCUT2D eigenvalue weighted by Gasteiger charge is 2.48. The van der Waals surface area contributed by atoms with Gasteiger partial charge in [0.25, 0.3) is 0 Å². The average molecular weight is 209 g/mol. The van der Waals surface area contributed by atoms with Crippen molar-refractivity contribution in [3.05, 3.63) is 12.2 Å². The number of rotatable bonds is 3. The molecule has 4 atom stereocenters. The summed E-state index contributed by atoms with van der Waals surface area (Å²) in [6, 6.07) is -0.754. The van der Waals surface area contributed by atoms with E-state index in [1.54, 1.807) is 0 Å². The Hall–Kier alpha value is -0.830. The Morgan fingerprint density at radius 3 is 2.53 bits per heavy atom. The average Bonchev–Trinajstić information content (AvgIpc) is 2.77. The second kappa shape index (κ2) is 3.34. The van der Waals surface area contributed by atoms with Gasteiger partial charge >= 0.3 is 5.97 Å². The zero-order valence-electron chi connectivity index (χ0n) is 9.31. The van der Waals surface area contributed by atoms with Crippen LogP contribution in [0.25, 0.3) is 0 Å². The summed E-state index contributed by atoms with van der Waals surface area (Å²) in [7, 11) is 0. The number of hydrogen-bond donors (Lipinski definition) is 2. The predicted molar refractivity (Wildman–Crippen MR) is 58.2 cm³/mol. The molecular weight excluding hydrogens is 190 g/mol. The van der Waals surface area contributed by atoms with Gasteiger partial charge in [0.2, 0.25) is 0 Å². The summed E-state index contributed by atoms with van der Waals surface area (Å²) in [5.41, 5.74) is 5.47. The van der Waals surface area contributed by atoms with Crippen LogP contribution in [0.5, 0.6) is 0 Å². The SMILES string of the molecule is CC(C)(C(N)C(=O)O)C1CC2C=CC1C2. The molecule has 0 aromatic rings. The van der Waals surface area contributed by atoms with Crippen LogP contribution in [0, 0.1) is 23.2 Å². The molecule has 0 radical (unpaired) electrons. The van der Waals surface area contributed by atoms with Gasteiger partial charge in [-0.3, -0.25) is 4.79 Å². The molecule has 1 fully saturated rings. The molecule has 2 rings (SSSR count). The van der Waals surface area contributed by atoms with Gasteiger partial charge in [-0.15, -0.1) is 0 Å². The van der Waals surface area contributed by atoms with Gasteiger partial charge in [-0.1, -0.05) is 26.0 Å². The Labute approximate surface area is 90.3 Å². The van der Waals surface area contributed by atoms with Gasteiger partial charge in [0, 0.05) is 0 Å². The first kappa shape index (κ1) is 10.7. The minimum Gasteiger partial charge on any atom is -0.480 e. The van der Waals surface area contributed by atoms with Gasteiger partial charge in [0.1, 0.15) is 6.04 Å². The Morgan fingerprint density at radius 1 is 1.47 bits per heavy atom. The maximum absolute atomic E-state index is 11.0. The molecule has 1 saturated carbocycles. The minimum atomic E-state index is -0.883. The molecule has 0 spiro atoms. The molecule has 3 N–H and O–H groups in total. The van der Waals surface area contributed by atoms with E-state index in [1.165, 1.54) is 6.42 Å². The van der Waals surface area contributed by atoms with Crippen LogP contribution in [0.4, 0.5) is 0 Å². The molecule has 2 aliphatic carbocycles. The maximum atomic E-state index is 11.0. The standard InChI is InChI=1S/C12H19NO2/c1-12(2,10(13)11(14)15)9-6-7-3-4-8(9)5-7/h3-4,7-10H,5-6,13H2,1-2H3,(H,14,15). The number of carboxylic acids is 1. The Balaban J connectivity index is 2.16. The van der Waals surface area contributed by atoms with Crippen LogP contribution in [-0.2, 0) is 4.79 Å². The fourth-order valence-electron chi connectivity index (χ4n) is 3.19. The fraction of sp³-hybridized carbons (Fsp3) is 0.750. The zero-order chi connectivity index (χ0) is 11.2. The van der Waals surface area contributed by atoms with Crippen LogP contribution in [0.2, 0.25) is 0 Å². The molecule has 2 bridgehead atoms. The molecule has 84 valence electrons. The normalized spacial score (nSPS) is 35.8. The Bertz CT molecular complexity index is 309. The summed E-state index contributed by atoms with van der Waals surface area (Å²) in [6.07, 6.45) is 6.81. The van der Waals surface area contributed by atoms with Crippen LogP contribution in [0.1, 0.15) is 26.7 Å². The topological polar surface area (TPSA) is 63.3 Å². The monoisotopic (exact) mass is 209 g/mol. The third kappa shape index (κ3) is 1.59. The van der Waals surface area contributed by atoms with Crippen LogP contribution in [-0.4, -0.2) is 17.1 Å². The van der Waals surface area contributed by atoms with Crippen molar-refractivity contribution in [2.75, 3.05) is 0 Å². The van der Waals surface area contributed by atoms with Gasteiger partial charge in [-0.05, 0) is 36.0 Å². The molecule has 0 heterocycles. The third-order valence-corrected chi connectivity index (χ3v) is 4.30. The first-order valence-electron chi connectivity index (χ1n) is 5.59. The van der Waals surface area contributed by atoms with Gasteiger partial charge in [-0.25, -0.2) is 0 Å². The van der Waals surface area contributed by atoms with E-state index in [1.807, 2.05) is 13.8 Å². The van der Waals surface area contributed by atoms with Crippen LogP contribution < -0.4 is 5.73 Å². The number of hydrogen-bond acceptors (Lipinski definition) is 2. The van der Waals surface area contributed by atoms with Gasteiger partial charge in [0.15, 0.2) is 0 Å². The number of carbonyl (C=O) groups is 1. The number of carboxylic acid groups (broad SMARTS) is 1. The van der Waals surface area contributed by atoms with E-state index >= 15 is 0 Å². The van der Waals surface area contributed by atoms with Gasteiger partial charge < -0.3 is 10.8 Å². The lowest BCUT2D eigenvalue weighted by atomic mass is 9.68. The highest BCUT2D eigenvalue weighted by atomic mass is 16.4. The number of fused-ring (bicyclic) bond motifs is 2. The highest BCUT2D eigenvalue weighted by Crippen LogP contribution is 2.51. The molecule has 3 heteroatoms. The predicted octanol–water partition coefficient (Wildman–Crippen LogP) is 1.64. The molecule has 0 aliphatic heterocycles. The van der Waals surface area contributed by atoms with Crippen molar-refractivity contribution in [2.45, 2.75) is 32.7 Å². The summed E-state index contributed by atoms with van der Waals surface area (Å²) in [4.78, 5) is 11.0. The van der Waals surface area contributed by atoms with E-state index in [4.69, 9.17) is 10.8 Å². The van der Waals surface area contributed by atoms with Crippen molar-refractivity contribution < 1.29 is 9.90 Å². The molecule has 15 heavy (non-hydrogen) atoms. The summed E-state index contributed by atoms with van der Waals surface area (Å²) in [5.74, 6) is 0.765. The summed E-state index contributed by atoms with van der Waals surface area (Å²) >= 11 is 0. The van der Waals surface area contributed by atoms with Crippen molar-refractivity contribution >= 4 is 5.97 Å². The van der Waals surface area contributed by atoms with Crippen molar-refractivity contribution in [2.24, 2.45) is 28.9 Å². The summed E-state index contributed by atoms with van der Waals surface area (Å²) < 4.78 is 0. The molecule has 0 saturated heterocycles. The Morgan fingerprint density at radius 2 is 2.13 bits per heavy atom. The highest BCUT2D eigenvalue weighted by molar-refractivity contribution is 5.74. The van der Waals surface area contributed by atoms with Crippen molar-refractivity contribution in [3.8, 4) is 0 Å². The van der Waals surface area contributed by atoms with E-state index in [-0.39, 0.29) is 5.41 Å². The molecule has 4 unspecified atom stereocenters. The molecule has 2 aliphatic rings. The molecule has 0 amide bonds. The van der Waals surface area contributed by atoms with Gasteiger partial charge in [-0.2, -0.15) is 0 Å². The summed E-state index contributed by atoms with van der Waals surface area (Å²) in [6.45, 7) is 3.98. The van der Waals surface area contributed by atoms with Crippen LogP contribution in [0.15, 0.2) is 12.2 Å². The van der Waals surface area contributed by atoms with E-state index in [0.717, 1.165) is 6.42 Å². The van der Waals surface area contributed by atoms with Crippen molar-refractivity contribution in [3.63, 3.8) is 0 Å². The second-order valence-corrected chi connectivity index (χ2v) is 5.52. The van der Waals surface area contributed by atoms with Crippen molar-refractivity contribution in [1.82, 2.24) is 0 Å². The summed E-state index contributed by atoms with van der Waals surface area (Å²) in [5, 5.41) is 9.01. The van der Waals surface area contributed by atoms with E-state index < -0.39 is 12.0 Å². The maximum Gasteiger partial charge on any atom is 0.321 e. The number of allylic oxidation sites excluding steroid dienone is 2. The van der Waals surface area contributed by atoms with Gasteiger partial charge in [0.05, 0.1) is 0 Å². The van der Waals surface area contributed by atoms with E-state index in [9.17, 15) is 4.79 Å². The quantitative estimate of drug-likeness (QED) is 0.694. The largest absolute Gasteiger partial charge is 0.480 e. The van der Waals surface area contributed by atoms with E-state index in [0.29, 0.717) is 17.8 Å². The van der Waals surface area contributed by atoms with E-state index in [2.05, 4.69) is 12.2 Å². The fourth-order valence-corrected chi connectivity index (χ4v) is 3.19. The minimum absolute atomic E-state index is 0.310. The number of nitrogens with two attached hydrogens (primary N) is 1. The zero-order valence-corrected chi connectivity index (χ0v) is 9.31.